The molecule has 3 saturated carbocycles. The lowest BCUT2D eigenvalue weighted by molar-refractivity contribution is -0.345. The van der Waals surface area contributed by atoms with Crippen LogP contribution in [0.3, 0.4) is 0 Å². The number of aliphatic hydroxyl groups is 5. The number of carbonyl (C=O) groups excluding carboxylic acids is 4. The van der Waals surface area contributed by atoms with Gasteiger partial charge in [-0.05, 0) is 86.9 Å². The number of allylic oxidation sites excluding steroid dienone is 1. The molecule has 2 saturated heterocycles. The van der Waals surface area contributed by atoms with Crippen molar-refractivity contribution in [1.29, 1.82) is 0 Å². The van der Waals surface area contributed by atoms with Crippen LogP contribution in [-0.4, -0.2) is 149 Å². The monoisotopic (exact) mass is 965 g/mol. The van der Waals surface area contributed by atoms with E-state index in [0.717, 1.165) is 44.9 Å². The summed E-state index contributed by atoms with van der Waals surface area (Å²) in [4.78, 5) is 51.3. The van der Waals surface area contributed by atoms with E-state index in [1.807, 2.05) is 0 Å². The second-order valence-electron chi connectivity index (χ2n) is 21.1. The van der Waals surface area contributed by atoms with Crippen LogP contribution in [0.1, 0.15) is 125 Å². The van der Waals surface area contributed by atoms with E-state index in [1.165, 1.54) is 18.6 Å². The number of ketones is 1. The topological polar surface area (TPSA) is 258 Å². The predicted octanol–water partition coefficient (Wildman–Crippen LogP) is 4.36. The molecule has 5 fully saturated rings. The number of rotatable bonds is 20. The van der Waals surface area contributed by atoms with Gasteiger partial charge in [-0.1, -0.05) is 71.8 Å². The van der Waals surface area contributed by atoms with E-state index >= 15 is 0 Å². The number of aliphatic hydroxyl groups excluding tert-OH is 4. The van der Waals surface area contributed by atoms with Gasteiger partial charge in [-0.15, -0.1) is 0 Å². The largest absolute Gasteiger partial charge is 0.454 e. The first-order chi connectivity index (χ1) is 32.2. The van der Waals surface area contributed by atoms with E-state index in [-0.39, 0.29) is 67.2 Å². The second-order valence-corrected chi connectivity index (χ2v) is 21.1. The summed E-state index contributed by atoms with van der Waals surface area (Å²) in [6, 6.07) is 0. The van der Waals surface area contributed by atoms with Crippen LogP contribution in [0.4, 0.5) is 9.59 Å². The summed E-state index contributed by atoms with van der Waals surface area (Å²) in [5, 5.41) is 61.3. The molecule has 7 N–H and O–H groups in total. The standard InChI is InChI=1S/C50H80N2O16/c1-8-23-62-46(59)51-21-11-9-10-12-22-52-47(60)66-32-17-19-48(6)31(24-32)14-15-33-34(48)18-20-49(7)35(33)25-39(50(49,61)29(4)36(54)16-13-28(2)3)67-45-43(65-30(5)53)42(38(56)27-64-45)68-44-41(58)40(57)37(55)26-63-44/h8,14,28-29,32-35,37-45,55-58,61H,1,9-13,15-27H2,2-7H3,(H,51,59)(H,52,60)/t29-,32+,33-,34?,35+,37-,38+,39+,40+,41-,42+,43-,44+,45+,48+,49+,50-/m1/s1. The van der Waals surface area contributed by atoms with E-state index in [0.29, 0.717) is 45.2 Å². The summed E-state index contributed by atoms with van der Waals surface area (Å²) in [6.45, 7) is 15.5. The van der Waals surface area contributed by atoms with Crippen molar-refractivity contribution in [2.45, 2.75) is 192 Å². The number of hydrogen-bond donors (Lipinski definition) is 7. The Labute approximate surface area is 401 Å². The fourth-order valence-corrected chi connectivity index (χ4v) is 12.5. The van der Waals surface area contributed by atoms with Gasteiger partial charge in [0.2, 0.25) is 0 Å². The average molecular weight is 965 g/mol. The maximum atomic E-state index is 14.2. The minimum absolute atomic E-state index is 0.0749. The normalized spacial score (nSPS) is 39.3. The van der Waals surface area contributed by atoms with Crippen molar-refractivity contribution >= 4 is 23.9 Å². The molecular formula is C50H80N2O16. The molecule has 17 atom stereocenters. The smallest absolute Gasteiger partial charge is 0.407 e. The molecule has 2 amide bonds. The number of fused-ring (bicyclic) bond motifs is 5. The Morgan fingerprint density at radius 2 is 1.53 bits per heavy atom. The van der Waals surface area contributed by atoms with E-state index in [1.54, 1.807) is 6.92 Å². The SMILES string of the molecule is C=CCOC(=O)NCCCCCCNC(=O)O[C@H]1CC[C@@]2(C)C(=CC[C@@H]3C2CC[C@@]2(C)[C@H]3C[C@H](O[C@@H]3OC[C@H](O)[C@H](O[C@@H]4OC[C@@H](O)[C@H](O)[C@H]4O)[C@H]3OC(C)=O)[C@]2(O)[C@H](C)C(=O)CCC(C)C)C1. The van der Waals surface area contributed by atoms with Crippen molar-refractivity contribution in [2.24, 2.45) is 40.4 Å². The molecule has 68 heavy (non-hydrogen) atoms. The van der Waals surface area contributed by atoms with Gasteiger partial charge >= 0.3 is 18.2 Å². The van der Waals surface area contributed by atoms with Gasteiger partial charge in [-0.2, -0.15) is 0 Å². The quantitative estimate of drug-likeness (QED) is 0.0387. The van der Waals surface area contributed by atoms with Crippen LogP contribution in [-0.2, 0) is 42.7 Å². The van der Waals surface area contributed by atoms with Gasteiger partial charge in [0.15, 0.2) is 18.7 Å². The molecule has 0 radical (unpaired) electrons. The van der Waals surface area contributed by atoms with Gasteiger partial charge in [-0.3, -0.25) is 9.59 Å². The third-order valence-electron chi connectivity index (χ3n) is 16.4. The van der Waals surface area contributed by atoms with Crippen LogP contribution >= 0.6 is 0 Å². The molecule has 6 aliphatic rings. The first kappa shape index (κ1) is 54.1. The number of nitrogens with one attached hydrogen (secondary N) is 2. The zero-order valence-corrected chi connectivity index (χ0v) is 41.0. The summed E-state index contributed by atoms with van der Waals surface area (Å²) < 4.78 is 41.0. The van der Waals surface area contributed by atoms with Crippen molar-refractivity contribution in [1.82, 2.24) is 10.6 Å². The molecule has 0 bridgehead atoms. The highest BCUT2D eigenvalue weighted by atomic mass is 16.7. The highest BCUT2D eigenvalue weighted by Gasteiger charge is 2.70. The van der Waals surface area contributed by atoms with Gasteiger partial charge < -0.3 is 69.3 Å². The Bertz CT molecular complexity index is 1780. The number of ether oxygens (including phenoxy) is 7. The Hall–Kier alpha value is -3.20. The van der Waals surface area contributed by atoms with Crippen molar-refractivity contribution < 1.29 is 77.9 Å². The minimum Gasteiger partial charge on any atom is -0.454 e. The third kappa shape index (κ3) is 11.8. The third-order valence-corrected chi connectivity index (χ3v) is 16.4. The number of Topliss-reactive ketones (excluding diaryl/α,β-unsaturated/α-hetero) is 1. The first-order valence-corrected chi connectivity index (χ1v) is 25.1. The fourth-order valence-electron chi connectivity index (χ4n) is 12.5. The zero-order valence-electron chi connectivity index (χ0n) is 41.0. The molecule has 18 heteroatoms. The molecule has 2 aliphatic heterocycles. The lowest BCUT2D eigenvalue weighted by Crippen LogP contribution is -2.64. The predicted molar refractivity (Wildman–Crippen MR) is 245 cm³/mol. The minimum atomic E-state index is -1.69. The van der Waals surface area contributed by atoms with Crippen LogP contribution in [0.5, 0.6) is 0 Å². The first-order valence-electron chi connectivity index (χ1n) is 25.1. The number of carbonyl (C=O) groups is 4. The van der Waals surface area contributed by atoms with Crippen LogP contribution in [0, 0.1) is 40.4 Å². The van der Waals surface area contributed by atoms with Crippen molar-refractivity contribution in [3.63, 3.8) is 0 Å². The van der Waals surface area contributed by atoms with Gasteiger partial charge in [0.05, 0.1) is 19.3 Å². The molecule has 0 aromatic heterocycles. The highest BCUT2D eigenvalue weighted by Crippen LogP contribution is 2.69. The van der Waals surface area contributed by atoms with E-state index in [4.69, 9.17) is 33.2 Å². The average Bonchev–Trinajstić information content (AvgIpc) is 3.53. The molecule has 1 unspecified atom stereocenters. The van der Waals surface area contributed by atoms with E-state index < -0.39 is 90.4 Å². The molecule has 0 aromatic rings. The van der Waals surface area contributed by atoms with Crippen LogP contribution < -0.4 is 10.6 Å². The zero-order chi connectivity index (χ0) is 49.6. The Morgan fingerprint density at radius 3 is 2.21 bits per heavy atom. The Balaban J connectivity index is 1.14. The summed E-state index contributed by atoms with van der Waals surface area (Å²) >= 11 is 0. The fraction of sp³-hybridized carbons (Fsp3) is 0.840. The molecule has 4 aliphatic carbocycles. The van der Waals surface area contributed by atoms with Gasteiger partial charge in [-0.25, -0.2) is 9.59 Å². The maximum Gasteiger partial charge on any atom is 0.407 e. The Morgan fingerprint density at radius 1 is 0.853 bits per heavy atom. The lowest BCUT2D eigenvalue weighted by atomic mass is 9.46. The van der Waals surface area contributed by atoms with Crippen LogP contribution in [0.25, 0.3) is 0 Å². The second kappa shape index (κ2) is 23.4. The number of unbranched alkanes of at least 4 members (excludes halogenated alkanes) is 3. The molecule has 6 rings (SSSR count). The van der Waals surface area contributed by atoms with Crippen molar-refractivity contribution in [3.05, 3.63) is 24.3 Å². The molecule has 0 spiro atoms. The summed E-state index contributed by atoms with van der Waals surface area (Å²) in [5.41, 5.74) is -1.35. The molecular weight excluding hydrogens is 885 g/mol. The van der Waals surface area contributed by atoms with Crippen molar-refractivity contribution in [2.75, 3.05) is 32.9 Å². The van der Waals surface area contributed by atoms with Crippen molar-refractivity contribution in [3.8, 4) is 0 Å². The summed E-state index contributed by atoms with van der Waals surface area (Å²) in [7, 11) is 0. The molecule has 386 valence electrons. The highest BCUT2D eigenvalue weighted by molar-refractivity contribution is 5.82. The van der Waals surface area contributed by atoms with Gasteiger partial charge in [0, 0.05) is 44.2 Å². The van der Waals surface area contributed by atoms with E-state index in [9.17, 15) is 44.7 Å². The lowest BCUT2D eigenvalue weighted by Gasteiger charge is -2.59. The number of hydrogen-bond acceptors (Lipinski definition) is 16. The van der Waals surface area contributed by atoms with Gasteiger partial charge in [0.25, 0.3) is 0 Å². The van der Waals surface area contributed by atoms with Gasteiger partial charge in [0.1, 0.15) is 54.6 Å². The molecule has 0 aromatic carbocycles. The number of esters is 1. The number of amides is 2. The van der Waals surface area contributed by atoms with E-state index in [2.05, 4.69) is 51.0 Å². The van der Waals surface area contributed by atoms with Crippen LogP contribution in [0.2, 0.25) is 0 Å². The summed E-state index contributed by atoms with van der Waals surface area (Å²) in [6.07, 6.45) is -0.999. The number of alkyl carbamates (subject to hydrolysis) is 2. The molecule has 18 nitrogen and oxygen atoms in total. The maximum absolute atomic E-state index is 14.2. The van der Waals surface area contributed by atoms with Crippen LogP contribution in [0.15, 0.2) is 24.3 Å². The molecule has 2 heterocycles. The summed E-state index contributed by atoms with van der Waals surface area (Å²) in [5.74, 6) is -1.09. The Kier molecular flexibility index (Phi) is 18.6.